The Hall–Kier alpha value is -2.34. The SMILES string of the molecule is CNCCNC(=O)c1cc(=O)n(-c2ccc(C)cc2)[nH]1. The monoisotopic (exact) mass is 274 g/mol. The lowest BCUT2D eigenvalue weighted by Crippen LogP contribution is -2.30. The summed E-state index contributed by atoms with van der Waals surface area (Å²) in [5.41, 5.74) is 1.81. The van der Waals surface area contributed by atoms with E-state index >= 15 is 0 Å². The summed E-state index contributed by atoms with van der Waals surface area (Å²) in [4.78, 5) is 23.7. The van der Waals surface area contributed by atoms with Gasteiger partial charge in [0.15, 0.2) is 0 Å². The van der Waals surface area contributed by atoms with Crippen LogP contribution in [0.1, 0.15) is 16.1 Å². The zero-order valence-corrected chi connectivity index (χ0v) is 11.6. The molecule has 0 unspecified atom stereocenters. The van der Waals surface area contributed by atoms with Gasteiger partial charge in [-0.15, -0.1) is 0 Å². The van der Waals surface area contributed by atoms with E-state index in [0.29, 0.717) is 18.8 Å². The molecule has 2 rings (SSSR count). The Kier molecular flexibility index (Phi) is 4.37. The third-order valence-electron chi connectivity index (χ3n) is 2.92. The lowest BCUT2D eigenvalue weighted by Gasteiger charge is -2.04. The van der Waals surface area contributed by atoms with Gasteiger partial charge in [0.2, 0.25) is 0 Å². The second kappa shape index (κ2) is 6.21. The number of aromatic nitrogens is 2. The van der Waals surface area contributed by atoms with Gasteiger partial charge in [0.05, 0.1) is 5.69 Å². The van der Waals surface area contributed by atoms with E-state index in [0.717, 1.165) is 5.56 Å². The molecule has 0 aliphatic carbocycles. The molecule has 1 aromatic heterocycles. The minimum Gasteiger partial charge on any atom is -0.349 e. The Morgan fingerprint density at radius 3 is 2.60 bits per heavy atom. The summed E-state index contributed by atoms with van der Waals surface area (Å²) in [7, 11) is 1.81. The Morgan fingerprint density at radius 2 is 1.95 bits per heavy atom. The van der Waals surface area contributed by atoms with Crippen molar-refractivity contribution in [3.05, 3.63) is 51.9 Å². The minimum atomic E-state index is -0.289. The summed E-state index contributed by atoms with van der Waals surface area (Å²) in [6.07, 6.45) is 0. The number of hydrogen-bond acceptors (Lipinski definition) is 3. The summed E-state index contributed by atoms with van der Waals surface area (Å²) in [5, 5.41) is 8.46. The molecule has 0 atom stereocenters. The van der Waals surface area contributed by atoms with E-state index in [-0.39, 0.29) is 17.2 Å². The van der Waals surface area contributed by atoms with Crippen LogP contribution < -0.4 is 16.2 Å². The normalized spacial score (nSPS) is 10.5. The molecule has 1 amide bonds. The van der Waals surface area contributed by atoms with E-state index in [4.69, 9.17) is 0 Å². The molecule has 0 aliphatic heterocycles. The van der Waals surface area contributed by atoms with E-state index in [1.165, 1.54) is 10.7 Å². The van der Waals surface area contributed by atoms with Crippen molar-refractivity contribution in [2.24, 2.45) is 0 Å². The molecule has 1 aromatic carbocycles. The van der Waals surface area contributed by atoms with Crippen molar-refractivity contribution < 1.29 is 4.79 Å². The van der Waals surface area contributed by atoms with Crippen molar-refractivity contribution in [2.75, 3.05) is 20.1 Å². The van der Waals surface area contributed by atoms with Gasteiger partial charge in [-0.05, 0) is 26.1 Å². The van der Waals surface area contributed by atoms with E-state index in [1.807, 2.05) is 38.2 Å². The third kappa shape index (κ3) is 3.16. The number of hydrogen-bond donors (Lipinski definition) is 3. The van der Waals surface area contributed by atoms with Crippen LogP contribution in [0.3, 0.4) is 0 Å². The van der Waals surface area contributed by atoms with Crippen LogP contribution in [0.2, 0.25) is 0 Å². The average molecular weight is 274 g/mol. The number of H-pyrrole nitrogens is 1. The molecule has 0 spiro atoms. The first-order chi connectivity index (χ1) is 9.61. The van der Waals surface area contributed by atoms with Crippen LogP contribution in [0.5, 0.6) is 0 Å². The number of nitrogens with zero attached hydrogens (tertiary/aromatic N) is 1. The summed E-state index contributed by atoms with van der Waals surface area (Å²) in [6, 6.07) is 8.78. The smallest absolute Gasteiger partial charge is 0.271 e. The number of carbonyl (C=O) groups excluding carboxylic acids is 1. The van der Waals surface area contributed by atoms with Crippen LogP contribution >= 0.6 is 0 Å². The lowest BCUT2D eigenvalue weighted by molar-refractivity contribution is 0.0948. The van der Waals surface area contributed by atoms with Crippen molar-refractivity contribution in [1.82, 2.24) is 20.4 Å². The minimum absolute atomic E-state index is 0.256. The highest BCUT2D eigenvalue weighted by Crippen LogP contribution is 2.06. The second-order valence-electron chi connectivity index (χ2n) is 4.54. The summed E-state index contributed by atoms with van der Waals surface area (Å²) >= 11 is 0. The highest BCUT2D eigenvalue weighted by molar-refractivity contribution is 5.92. The maximum Gasteiger partial charge on any atom is 0.271 e. The van der Waals surface area contributed by atoms with Gasteiger partial charge in [0.25, 0.3) is 11.5 Å². The van der Waals surface area contributed by atoms with E-state index < -0.39 is 0 Å². The predicted octanol–water partition coefficient (Wildman–Crippen LogP) is 0.423. The second-order valence-corrected chi connectivity index (χ2v) is 4.54. The molecular formula is C14H18N4O2. The molecular weight excluding hydrogens is 256 g/mol. The Bertz CT molecular complexity index is 640. The molecule has 3 N–H and O–H groups in total. The molecule has 6 nitrogen and oxygen atoms in total. The van der Waals surface area contributed by atoms with Gasteiger partial charge in [-0.1, -0.05) is 17.7 Å². The molecule has 2 aromatic rings. The van der Waals surface area contributed by atoms with Gasteiger partial charge in [-0.2, -0.15) is 0 Å². The molecule has 0 fully saturated rings. The number of rotatable bonds is 5. The zero-order valence-electron chi connectivity index (χ0n) is 11.6. The van der Waals surface area contributed by atoms with Gasteiger partial charge < -0.3 is 10.6 Å². The van der Waals surface area contributed by atoms with Crippen molar-refractivity contribution in [3.8, 4) is 5.69 Å². The van der Waals surface area contributed by atoms with Gasteiger partial charge in [0.1, 0.15) is 5.69 Å². The standard InChI is InChI=1S/C14H18N4O2/c1-10-3-5-11(6-4-10)18-13(19)9-12(17-18)14(20)16-8-7-15-2/h3-6,9,15,17H,7-8H2,1-2H3,(H,16,20). The van der Waals surface area contributed by atoms with Gasteiger partial charge in [-0.25, -0.2) is 4.68 Å². The Morgan fingerprint density at radius 1 is 1.25 bits per heavy atom. The number of benzene rings is 1. The number of carbonyl (C=O) groups is 1. The topological polar surface area (TPSA) is 78.9 Å². The van der Waals surface area contributed by atoms with Crippen molar-refractivity contribution in [1.29, 1.82) is 0 Å². The van der Waals surface area contributed by atoms with Crippen LogP contribution in [-0.4, -0.2) is 35.8 Å². The maximum absolute atomic E-state index is 11.9. The van der Waals surface area contributed by atoms with Crippen molar-refractivity contribution >= 4 is 5.91 Å². The molecule has 106 valence electrons. The van der Waals surface area contributed by atoms with Crippen LogP contribution in [0, 0.1) is 6.92 Å². The molecule has 0 saturated carbocycles. The molecule has 6 heteroatoms. The molecule has 20 heavy (non-hydrogen) atoms. The first-order valence-corrected chi connectivity index (χ1v) is 6.43. The predicted molar refractivity (Wildman–Crippen MR) is 77.4 cm³/mol. The van der Waals surface area contributed by atoms with Crippen molar-refractivity contribution in [2.45, 2.75) is 6.92 Å². The van der Waals surface area contributed by atoms with E-state index in [2.05, 4.69) is 15.7 Å². The lowest BCUT2D eigenvalue weighted by atomic mass is 10.2. The van der Waals surface area contributed by atoms with Crippen LogP contribution in [-0.2, 0) is 0 Å². The first-order valence-electron chi connectivity index (χ1n) is 6.43. The van der Waals surface area contributed by atoms with Crippen LogP contribution in [0.4, 0.5) is 0 Å². The fourth-order valence-corrected chi connectivity index (χ4v) is 1.79. The third-order valence-corrected chi connectivity index (χ3v) is 2.92. The van der Waals surface area contributed by atoms with Gasteiger partial charge in [-0.3, -0.25) is 14.7 Å². The molecule has 0 bridgehead atoms. The van der Waals surface area contributed by atoms with Gasteiger partial charge >= 0.3 is 0 Å². The highest BCUT2D eigenvalue weighted by Gasteiger charge is 2.11. The Labute approximate surface area is 116 Å². The number of aryl methyl sites for hydroxylation is 1. The van der Waals surface area contributed by atoms with Gasteiger partial charge in [0, 0.05) is 19.2 Å². The molecule has 0 aliphatic rings. The summed E-state index contributed by atoms with van der Waals surface area (Å²) < 4.78 is 1.35. The molecule has 0 saturated heterocycles. The van der Waals surface area contributed by atoms with Crippen LogP contribution in [0.25, 0.3) is 5.69 Å². The number of nitrogens with one attached hydrogen (secondary N) is 3. The highest BCUT2D eigenvalue weighted by atomic mass is 16.2. The average Bonchev–Trinajstić information content (AvgIpc) is 2.82. The quantitative estimate of drug-likeness (QED) is 0.692. The summed E-state index contributed by atoms with van der Waals surface area (Å²) in [5.74, 6) is -0.289. The number of likely N-dealkylation sites (N-methyl/N-ethyl adjacent to an activating group) is 1. The van der Waals surface area contributed by atoms with Crippen molar-refractivity contribution in [3.63, 3.8) is 0 Å². The van der Waals surface area contributed by atoms with E-state index in [9.17, 15) is 9.59 Å². The zero-order chi connectivity index (χ0) is 14.5. The fraction of sp³-hybridized carbons (Fsp3) is 0.286. The fourth-order valence-electron chi connectivity index (χ4n) is 1.79. The molecule has 0 radical (unpaired) electrons. The molecule has 1 heterocycles. The Balaban J connectivity index is 2.19. The number of aromatic amines is 1. The largest absolute Gasteiger partial charge is 0.349 e. The first kappa shape index (κ1) is 14.1. The number of amides is 1. The summed E-state index contributed by atoms with van der Waals surface area (Å²) in [6.45, 7) is 3.16. The maximum atomic E-state index is 11.9. The van der Waals surface area contributed by atoms with Crippen LogP contribution in [0.15, 0.2) is 35.1 Å². The van der Waals surface area contributed by atoms with E-state index in [1.54, 1.807) is 0 Å².